The molecule has 2 saturated heterocycles. The molecule has 3 aliphatic rings. The van der Waals surface area contributed by atoms with E-state index in [1.165, 1.54) is 45.2 Å². The first-order valence-corrected chi connectivity index (χ1v) is 8.51. The minimum Gasteiger partial charge on any atom is -0.341 e. The van der Waals surface area contributed by atoms with Gasteiger partial charge in [0.25, 0.3) is 0 Å². The molecule has 0 aromatic heterocycles. The Morgan fingerprint density at radius 1 is 1.00 bits per heavy atom. The van der Waals surface area contributed by atoms with Crippen molar-refractivity contribution in [3.05, 3.63) is 0 Å². The van der Waals surface area contributed by atoms with Gasteiger partial charge in [-0.2, -0.15) is 0 Å². The highest BCUT2D eigenvalue weighted by Gasteiger charge is 2.32. The Labute approximate surface area is 122 Å². The van der Waals surface area contributed by atoms with Gasteiger partial charge in [0.15, 0.2) is 0 Å². The summed E-state index contributed by atoms with van der Waals surface area (Å²) in [5, 5.41) is 0. The van der Waals surface area contributed by atoms with Gasteiger partial charge in [-0.1, -0.05) is 6.42 Å². The third kappa shape index (κ3) is 3.17. The second-order valence-electron chi connectivity index (χ2n) is 6.94. The number of nitrogens with two attached hydrogens (primary N) is 1. The summed E-state index contributed by atoms with van der Waals surface area (Å²) in [4.78, 5) is 17.2. The Morgan fingerprint density at radius 2 is 1.80 bits per heavy atom. The molecule has 3 fully saturated rings. The van der Waals surface area contributed by atoms with E-state index in [0.29, 0.717) is 24.3 Å². The molecular formula is C16H29N3O. The summed E-state index contributed by atoms with van der Waals surface area (Å²) in [6.07, 6.45) is 9.26. The Bertz CT molecular complexity index is 341. The van der Waals surface area contributed by atoms with E-state index in [0.717, 1.165) is 25.9 Å². The van der Waals surface area contributed by atoms with Crippen molar-refractivity contribution in [2.75, 3.05) is 26.2 Å². The Morgan fingerprint density at radius 3 is 2.50 bits per heavy atom. The van der Waals surface area contributed by atoms with E-state index >= 15 is 0 Å². The van der Waals surface area contributed by atoms with Crippen LogP contribution in [0, 0.1) is 5.92 Å². The second kappa shape index (κ2) is 6.44. The fraction of sp³-hybridized carbons (Fsp3) is 0.938. The normalized spacial score (nSPS) is 35.6. The van der Waals surface area contributed by atoms with Gasteiger partial charge in [0.05, 0.1) is 0 Å². The average Bonchev–Trinajstić information content (AvgIpc) is 3.12. The number of piperidine rings is 1. The topological polar surface area (TPSA) is 49.6 Å². The molecule has 20 heavy (non-hydrogen) atoms. The molecule has 0 aromatic carbocycles. The average molecular weight is 279 g/mol. The van der Waals surface area contributed by atoms with E-state index in [-0.39, 0.29) is 6.04 Å². The van der Waals surface area contributed by atoms with E-state index in [4.69, 9.17) is 5.73 Å². The highest BCUT2D eigenvalue weighted by molar-refractivity contribution is 5.76. The number of amides is 1. The molecule has 114 valence electrons. The summed E-state index contributed by atoms with van der Waals surface area (Å²) >= 11 is 0. The van der Waals surface area contributed by atoms with Crippen LogP contribution in [0.1, 0.15) is 51.4 Å². The number of carbonyl (C=O) groups excluding carboxylic acids is 1. The summed E-state index contributed by atoms with van der Waals surface area (Å²) in [5.74, 6) is 0.797. The molecule has 3 atom stereocenters. The van der Waals surface area contributed by atoms with Crippen molar-refractivity contribution in [2.24, 2.45) is 11.7 Å². The predicted molar refractivity (Wildman–Crippen MR) is 80.3 cm³/mol. The van der Waals surface area contributed by atoms with Crippen molar-refractivity contribution in [1.82, 2.24) is 9.80 Å². The Kier molecular flexibility index (Phi) is 4.61. The quantitative estimate of drug-likeness (QED) is 0.853. The van der Waals surface area contributed by atoms with E-state index < -0.39 is 0 Å². The molecule has 0 spiro atoms. The zero-order valence-electron chi connectivity index (χ0n) is 12.6. The van der Waals surface area contributed by atoms with Gasteiger partial charge in [0.1, 0.15) is 0 Å². The predicted octanol–water partition coefficient (Wildman–Crippen LogP) is 1.59. The lowest BCUT2D eigenvalue weighted by molar-refractivity contribution is -0.134. The minimum atomic E-state index is 0.262. The first-order valence-electron chi connectivity index (χ1n) is 8.51. The number of likely N-dealkylation sites (tertiary alicyclic amines) is 2. The summed E-state index contributed by atoms with van der Waals surface area (Å²) in [7, 11) is 0. The number of rotatable bonds is 3. The monoisotopic (exact) mass is 279 g/mol. The molecule has 0 radical (unpaired) electrons. The van der Waals surface area contributed by atoms with Crippen LogP contribution >= 0.6 is 0 Å². The maximum atomic E-state index is 12.5. The van der Waals surface area contributed by atoms with Crippen molar-refractivity contribution in [3.63, 3.8) is 0 Å². The smallest absolute Gasteiger partial charge is 0.222 e. The van der Waals surface area contributed by atoms with Gasteiger partial charge in [-0.05, 0) is 57.5 Å². The van der Waals surface area contributed by atoms with E-state index in [1.807, 2.05) is 0 Å². The molecule has 0 aromatic rings. The number of hydrogen-bond donors (Lipinski definition) is 1. The molecule has 1 unspecified atom stereocenters. The van der Waals surface area contributed by atoms with Crippen molar-refractivity contribution >= 4 is 5.91 Å². The van der Waals surface area contributed by atoms with Crippen LogP contribution in [0.25, 0.3) is 0 Å². The van der Waals surface area contributed by atoms with Crippen LogP contribution in [0.3, 0.4) is 0 Å². The van der Waals surface area contributed by atoms with Crippen LogP contribution in [0.2, 0.25) is 0 Å². The maximum absolute atomic E-state index is 12.5. The fourth-order valence-electron chi connectivity index (χ4n) is 4.26. The number of carbonyl (C=O) groups is 1. The van der Waals surface area contributed by atoms with Crippen LogP contribution in [0.5, 0.6) is 0 Å². The van der Waals surface area contributed by atoms with Crippen molar-refractivity contribution in [2.45, 2.75) is 63.5 Å². The van der Waals surface area contributed by atoms with Gasteiger partial charge in [-0.25, -0.2) is 0 Å². The van der Waals surface area contributed by atoms with Crippen LogP contribution in [0.15, 0.2) is 0 Å². The van der Waals surface area contributed by atoms with E-state index in [1.54, 1.807) is 0 Å². The molecule has 4 nitrogen and oxygen atoms in total. The molecule has 1 saturated carbocycles. The Hall–Kier alpha value is -0.610. The van der Waals surface area contributed by atoms with Crippen LogP contribution in [0.4, 0.5) is 0 Å². The SMILES string of the molecule is N[C@@H]1CCC[C@H]1CC(=O)N1CCCC(N2CCCC2)C1. The van der Waals surface area contributed by atoms with Crippen molar-refractivity contribution in [1.29, 1.82) is 0 Å². The lowest BCUT2D eigenvalue weighted by atomic mass is 9.97. The molecular weight excluding hydrogens is 250 g/mol. The van der Waals surface area contributed by atoms with E-state index in [9.17, 15) is 4.79 Å². The molecule has 4 heteroatoms. The fourth-order valence-corrected chi connectivity index (χ4v) is 4.26. The van der Waals surface area contributed by atoms with Gasteiger partial charge in [0.2, 0.25) is 5.91 Å². The molecule has 2 N–H and O–H groups in total. The zero-order chi connectivity index (χ0) is 13.9. The van der Waals surface area contributed by atoms with Crippen molar-refractivity contribution in [3.8, 4) is 0 Å². The molecule has 2 heterocycles. The molecule has 1 amide bonds. The molecule has 2 aliphatic heterocycles. The second-order valence-corrected chi connectivity index (χ2v) is 6.94. The summed E-state index contributed by atoms with van der Waals surface area (Å²) in [6, 6.07) is 0.880. The van der Waals surface area contributed by atoms with Gasteiger partial charge < -0.3 is 10.6 Å². The standard InChI is InChI=1S/C16H29N3O/c17-15-7-3-5-13(15)11-16(20)19-10-4-6-14(12-19)18-8-1-2-9-18/h13-15H,1-12,17H2/t13-,14?,15+/m0/s1. The maximum Gasteiger partial charge on any atom is 0.222 e. The van der Waals surface area contributed by atoms with Crippen LogP contribution in [-0.4, -0.2) is 54.0 Å². The van der Waals surface area contributed by atoms with Gasteiger partial charge in [-0.15, -0.1) is 0 Å². The first kappa shape index (κ1) is 14.3. The largest absolute Gasteiger partial charge is 0.341 e. The summed E-state index contributed by atoms with van der Waals surface area (Å²) < 4.78 is 0. The van der Waals surface area contributed by atoms with E-state index in [2.05, 4.69) is 9.80 Å². The van der Waals surface area contributed by atoms with Crippen molar-refractivity contribution < 1.29 is 4.79 Å². The van der Waals surface area contributed by atoms with Gasteiger partial charge >= 0.3 is 0 Å². The minimum absolute atomic E-state index is 0.262. The Balaban J connectivity index is 1.51. The zero-order valence-corrected chi connectivity index (χ0v) is 12.6. The lowest BCUT2D eigenvalue weighted by Crippen LogP contribution is -2.49. The summed E-state index contributed by atoms with van der Waals surface area (Å²) in [6.45, 7) is 4.40. The molecule has 0 bridgehead atoms. The lowest BCUT2D eigenvalue weighted by Gasteiger charge is -2.38. The van der Waals surface area contributed by atoms with Crippen LogP contribution in [-0.2, 0) is 4.79 Å². The highest BCUT2D eigenvalue weighted by atomic mass is 16.2. The molecule has 3 rings (SSSR count). The number of nitrogens with zero attached hydrogens (tertiary/aromatic N) is 2. The summed E-state index contributed by atoms with van der Waals surface area (Å²) in [5.41, 5.74) is 6.10. The van der Waals surface area contributed by atoms with Crippen LogP contribution < -0.4 is 5.73 Å². The third-order valence-corrected chi connectivity index (χ3v) is 5.56. The molecule has 1 aliphatic carbocycles. The first-order chi connectivity index (χ1) is 9.74. The highest BCUT2D eigenvalue weighted by Crippen LogP contribution is 2.28. The van der Waals surface area contributed by atoms with Gasteiger partial charge in [0, 0.05) is 31.6 Å². The number of hydrogen-bond acceptors (Lipinski definition) is 3. The third-order valence-electron chi connectivity index (χ3n) is 5.56. The van der Waals surface area contributed by atoms with Gasteiger partial charge in [-0.3, -0.25) is 9.69 Å².